The van der Waals surface area contributed by atoms with E-state index in [4.69, 9.17) is 10.5 Å². The smallest absolute Gasteiger partial charge is 0.258 e. The lowest BCUT2D eigenvalue weighted by Crippen LogP contribution is -2.30. The summed E-state index contributed by atoms with van der Waals surface area (Å²) >= 11 is 0. The van der Waals surface area contributed by atoms with Gasteiger partial charge in [0.2, 0.25) is 0 Å². The third-order valence-corrected chi connectivity index (χ3v) is 1.25. The van der Waals surface area contributed by atoms with E-state index in [9.17, 15) is 4.79 Å². The van der Waals surface area contributed by atoms with Gasteiger partial charge in [-0.1, -0.05) is 0 Å². The SMILES string of the molecule is NC(=O)[C@H]1CCC=CO1. The largest absolute Gasteiger partial charge is 0.489 e. The summed E-state index contributed by atoms with van der Waals surface area (Å²) in [6.45, 7) is 0. The average Bonchev–Trinajstić information content (AvgIpc) is 1.90. The van der Waals surface area contributed by atoms with Gasteiger partial charge < -0.3 is 10.5 Å². The van der Waals surface area contributed by atoms with Gasteiger partial charge in [0, 0.05) is 0 Å². The minimum atomic E-state index is -0.394. The van der Waals surface area contributed by atoms with E-state index >= 15 is 0 Å². The van der Waals surface area contributed by atoms with E-state index in [0.717, 1.165) is 6.42 Å². The predicted molar refractivity (Wildman–Crippen MR) is 32.4 cm³/mol. The zero-order valence-electron chi connectivity index (χ0n) is 5.04. The van der Waals surface area contributed by atoms with Gasteiger partial charge in [-0.2, -0.15) is 0 Å². The van der Waals surface area contributed by atoms with Crippen molar-refractivity contribution in [2.24, 2.45) is 5.73 Å². The zero-order valence-corrected chi connectivity index (χ0v) is 5.04. The molecule has 1 rings (SSSR count). The Morgan fingerprint density at radius 1 is 1.78 bits per heavy atom. The Bertz CT molecular complexity index is 142. The molecule has 3 heteroatoms. The van der Waals surface area contributed by atoms with E-state index in [1.807, 2.05) is 6.08 Å². The number of allylic oxidation sites excluding steroid dienone is 1. The molecular formula is C6H9NO2. The maximum absolute atomic E-state index is 10.4. The molecule has 0 bridgehead atoms. The Hall–Kier alpha value is -0.990. The number of hydrogen-bond donors (Lipinski definition) is 1. The van der Waals surface area contributed by atoms with Gasteiger partial charge in [0.05, 0.1) is 6.26 Å². The zero-order chi connectivity index (χ0) is 6.69. The summed E-state index contributed by atoms with van der Waals surface area (Å²) in [5.41, 5.74) is 4.97. The normalized spacial score (nSPS) is 25.1. The maximum atomic E-state index is 10.4. The first kappa shape index (κ1) is 6.13. The molecule has 0 spiro atoms. The highest BCUT2D eigenvalue weighted by Crippen LogP contribution is 2.08. The molecule has 0 aliphatic carbocycles. The highest BCUT2D eigenvalue weighted by molar-refractivity contribution is 5.78. The summed E-state index contributed by atoms with van der Waals surface area (Å²) in [7, 11) is 0. The summed E-state index contributed by atoms with van der Waals surface area (Å²) < 4.78 is 4.88. The fraction of sp³-hybridized carbons (Fsp3) is 0.500. The van der Waals surface area contributed by atoms with Crippen LogP contribution in [0.15, 0.2) is 12.3 Å². The van der Waals surface area contributed by atoms with Crippen molar-refractivity contribution in [3.8, 4) is 0 Å². The highest BCUT2D eigenvalue weighted by Gasteiger charge is 2.15. The molecule has 0 aromatic carbocycles. The molecule has 50 valence electrons. The molecule has 1 atom stereocenters. The van der Waals surface area contributed by atoms with Crippen LogP contribution in [0.5, 0.6) is 0 Å². The standard InChI is InChI=1S/C6H9NO2/c7-6(8)5-3-1-2-4-9-5/h2,4-5H,1,3H2,(H2,7,8)/t5-/m1/s1. The molecule has 0 fully saturated rings. The van der Waals surface area contributed by atoms with Gasteiger partial charge in [-0.05, 0) is 18.9 Å². The van der Waals surface area contributed by atoms with Crippen LogP contribution in [-0.2, 0) is 9.53 Å². The number of hydrogen-bond acceptors (Lipinski definition) is 2. The number of rotatable bonds is 1. The molecule has 2 N–H and O–H groups in total. The van der Waals surface area contributed by atoms with Crippen molar-refractivity contribution in [1.29, 1.82) is 0 Å². The lowest BCUT2D eigenvalue weighted by molar-refractivity contribution is -0.127. The third kappa shape index (κ3) is 1.45. The van der Waals surface area contributed by atoms with Crippen molar-refractivity contribution < 1.29 is 9.53 Å². The Morgan fingerprint density at radius 2 is 2.56 bits per heavy atom. The van der Waals surface area contributed by atoms with Crippen molar-refractivity contribution in [3.63, 3.8) is 0 Å². The minimum absolute atomic E-state index is 0.376. The van der Waals surface area contributed by atoms with Crippen LogP contribution in [0.25, 0.3) is 0 Å². The quantitative estimate of drug-likeness (QED) is 0.545. The molecule has 1 aliphatic rings. The van der Waals surface area contributed by atoms with Crippen molar-refractivity contribution in [2.45, 2.75) is 18.9 Å². The van der Waals surface area contributed by atoms with Crippen LogP contribution >= 0.6 is 0 Å². The lowest BCUT2D eigenvalue weighted by Gasteiger charge is -2.14. The molecule has 0 saturated carbocycles. The van der Waals surface area contributed by atoms with Crippen molar-refractivity contribution in [3.05, 3.63) is 12.3 Å². The molecule has 0 saturated heterocycles. The molecule has 1 aliphatic heterocycles. The topological polar surface area (TPSA) is 52.3 Å². The summed E-state index contributed by atoms with van der Waals surface area (Å²) in [6.07, 6.45) is 4.60. The van der Waals surface area contributed by atoms with Crippen LogP contribution < -0.4 is 5.73 Å². The Balaban J connectivity index is 2.44. The second kappa shape index (κ2) is 2.53. The fourth-order valence-corrected chi connectivity index (χ4v) is 0.743. The summed E-state index contributed by atoms with van der Waals surface area (Å²) in [5.74, 6) is -0.376. The first-order valence-electron chi connectivity index (χ1n) is 2.90. The Morgan fingerprint density at radius 3 is 2.89 bits per heavy atom. The first-order valence-corrected chi connectivity index (χ1v) is 2.90. The van der Waals surface area contributed by atoms with Crippen molar-refractivity contribution >= 4 is 5.91 Å². The minimum Gasteiger partial charge on any atom is -0.489 e. The summed E-state index contributed by atoms with van der Waals surface area (Å²) in [5, 5.41) is 0. The molecule has 0 aromatic heterocycles. The summed E-state index contributed by atoms with van der Waals surface area (Å²) in [6, 6.07) is 0. The molecule has 9 heavy (non-hydrogen) atoms. The van der Waals surface area contributed by atoms with Crippen LogP contribution in [0.4, 0.5) is 0 Å². The van der Waals surface area contributed by atoms with Gasteiger partial charge in [-0.25, -0.2) is 0 Å². The molecule has 1 heterocycles. The molecule has 0 aromatic rings. The van der Waals surface area contributed by atoms with E-state index in [-0.39, 0.29) is 5.91 Å². The van der Waals surface area contributed by atoms with Crippen LogP contribution in [0.1, 0.15) is 12.8 Å². The predicted octanol–water partition coefficient (Wildman–Crippen LogP) is 0.164. The number of nitrogens with two attached hydrogens (primary N) is 1. The molecule has 1 amide bonds. The van der Waals surface area contributed by atoms with Crippen LogP contribution in [0.2, 0.25) is 0 Å². The molecule has 0 radical (unpaired) electrons. The number of carbonyl (C=O) groups excluding carboxylic acids is 1. The first-order chi connectivity index (χ1) is 4.30. The maximum Gasteiger partial charge on any atom is 0.258 e. The molecular weight excluding hydrogens is 118 g/mol. The van der Waals surface area contributed by atoms with Gasteiger partial charge in [-0.15, -0.1) is 0 Å². The van der Waals surface area contributed by atoms with E-state index in [2.05, 4.69) is 0 Å². The molecule has 0 unspecified atom stereocenters. The van der Waals surface area contributed by atoms with Crippen LogP contribution in [-0.4, -0.2) is 12.0 Å². The third-order valence-electron chi connectivity index (χ3n) is 1.25. The highest BCUT2D eigenvalue weighted by atomic mass is 16.5. The van der Waals surface area contributed by atoms with Gasteiger partial charge in [0.25, 0.3) is 5.91 Å². The van der Waals surface area contributed by atoms with E-state index in [1.54, 1.807) is 0 Å². The number of amides is 1. The van der Waals surface area contributed by atoms with Gasteiger partial charge in [0.1, 0.15) is 0 Å². The Labute approximate surface area is 53.5 Å². The summed E-state index contributed by atoms with van der Waals surface area (Å²) in [4.78, 5) is 10.4. The van der Waals surface area contributed by atoms with Gasteiger partial charge >= 0.3 is 0 Å². The van der Waals surface area contributed by atoms with Crippen molar-refractivity contribution in [1.82, 2.24) is 0 Å². The van der Waals surface area contributed by atoms with E-state index < -0.39 is 6.10 Å². The fourth-order valence-electron chi connectivity index (χ4n) is 0.743. The second-order valence-corrected chi connectivity index (χ2v) is 1.98. The van der Waals surface area contributed by atoms with Crippen LogP contribution in [0, 0.1) is 0 Å². The number of ether oxygens (including phenoxy) is 1. The van der Waals surface area contributed by atoms with E-state index in [1.165, 1.54) is 6.26 Å². The van der Waals surface area contributed by atoms with Crippen molar-refractivity contribution in [2.75, 3.05) is 0 Å². The number of carbonyl (C=O) groups is 1. The van der Waals surface area contributed by atoms with Gasteiger partial charge in [0.15, 0.2) is 6.10 Å². The molecule has 3 nitrogen and oxygen atoms in total. The number of primary amides is 1. The van der Waals surface area contributed by atoms with Gasteiger partial charge in [-0.3, -0.25) is 4.79 Å². The second-order valence-electron chi connectivity index (χ2n) is 1.98. The average molecular weight is 127 g/mol. The Kier molecular flexibility index (Phi) is 1.72. The van der Waals surface area contributed by atoms with Crippen LogP contribution in [0.3, 0.4) is 0 Å². The lowest BCUT2D eigenvalue weighted by atomic mass is 10.1. The monoisotopic (exact) mass is 127 g/mol. The van der Waals surface area contributed by atoms with E-state index in [0.29, 0.717) is 6.42 Å².